The van der Waals surface area contributed by atoms with Gasteiger partial charge in [0, 0.05) is 11.8 Å². The van der Waals surface area contributed by atoms with Gasteiger partial charge in [0.25, 0.3) is 0 Å². The number of hydrogen-bond donors (Lipinski definition) is 0. The Hall–Kier alpha value is 2.56. The highest BCUT2D eigenvalue weighted by Gasteiger charge is 2.27. The van der Waals surface area contributed by atoms with Gasteiger partial charge in [-0.25, -0.2) is 0 Å². The second-order valence-corrected chi connectivity index (χ2v) is 9.64. The van der Waals surface area contributed by atoms with E-state index >= 15 is 0 Å². The molecule has 0 aromatic heterocycles. The quantitative estimate of drug-likeness (QED) is 0.304. The molecule has 122 valence electrons. The minimum Gasteiger partial charge on any atom is -0.306 e. The first kappa shape index (κ1) is 22.6. The summed E-state index contributed by atoms with van der Waals surface area (Å²) < 4.78 is 15.1. The Balaban J connectivity index is 4.30. The van der Waals surface area contributed by atoms with E-state index in [0.29, 0.717) is 0 Å². The minimum absolute atomic E-state index is 0.0286. The average molecular weight is 467 g/mol. The first-order chi connectivity index (χ1) is 9.29. The van der Waals surface area contributed by atoms with Crippen LogP contribution in [-0.2, 0) is 24.9 Å². The van der Waals surface area contributed by atoms with Crippen LogP contribution in [0.1, 0.15) is 0 Å². The van der Waals surface area contributed by atoms with Crippen LogP contribution in [0.2, 0.25) is 0 Å². The van der Waals surface area contributed by atoms with E-state index < -0.39 is 28.2 Å². The lowest BCUT2D eigenvalue weighted by Crippen LogP contribution is -2.24. The highest BCUT2D eigenvalue weighted by Crippen LogP contribution is 2.51. The molecule has 0 bridgehead atoms. The van der Waals surface area contributed by atoms with Crippen LogP contribution in [0.25, 0.3) is 0 Å². The molecule has 0 rings (SSSR count). The summed E-state index contributed by atoms with van der Waals surface area (Å²) in [7, 11) is 0. The molecule has 4 unspecified atom stereocenters. The predicted octanol–water partition coefficient (Wildman–Crippen LogP) is 5.32. The van der Waals surface area contributed by atoms with Crippen molar-refractivity contribution in [3.8, 4) is 0 Å². The van der Waals surface area contributed by atoms with Gasteiger partial charge < -0.3 is 9.05 Å². The lowest BCUT2D eigenvalue weighted by Gasteiger charge is -2.22. The van der Waals surface area contributed by atoms with Crippen LogP contribution < -0.4 is 0 Å². The topological polar surface area (TPSA) is 27.7 Å². The van der Waals surface area contributed by atoms with Gasteiger partial charge in [0.05, 0.1) is 46.6 Å². The van der Waals surface area contributed by atoms with E-state index in [1.807, 2.05) is 0 Å². The Morgan fingerprint density at radius 2 is 1.15 bits per heavy atom. The number of halogens is 7. The SMILES string of the molecule is S=P(OCl)(OCC(Cl)C(Cl)CCl)OCC(Cl)C(Cl)CCl. The van der Waals surface area contributed by atoms with Crippen LogP contribution in [0.15, 0.2) is 0 Å². The third kappa shape index (κ3) is 9.00. The fourth-order valence-electron chi connectivity index (χ4n) is 0.804. The molecule has 0 saturated carbocycles. The van der Waals surface area contributed by atoms with Gasteiger partial charge >= 0.3 is 6.72 Å². The van der Waals surface area contributed by atoms with Gasteiger partial charge in [-0.15, -0.1) is 69.6 Å². The fraction of sp³-hybridized carbons (Fsp3) is 1.00. The summed E-state index contributed by atoms with van der Waals surface area (Å²) in [6.45, 7) is -3.24. The van der Waals surface area contributed by atoms with Crippen molar-refractivity contribution in [2.24, 2.45) is 0 Å². The second-order valence-electron chi connectivity index (χ2n) is 3.48. The van der Waals surface area contributed by atoms with Gasteiger partial charge in [0.15, 0.2) is 0 Å². The normalized spacial score (nSPS) is 20.9. The van der Waals surface area contributed by atoms with Crippen molar-refractivity contribution in [3.05, 3.63) is 0 Å². The van der Waals surface area contributed by atoms with E-state index in [1.165, 1.54) is 0 Å². The Bertz CT molecular complexity index is 290. The highest BCUT2D eigenvalue weighted by molar-refractivity contribution is 8.07. The molecule has 4 atom stereocenters. The summed E-state index contributed by atoms with van der Waals surface area (Å²) >= 11 is 45.0. The van der Waals surface area contributed by atoms with Gasteiger partial charge in [0.2, 0.25) is 0 Å². The summed E-state index contributed by atoms with van der Waals surface area (Å²) in [6.07, 6.45) is 0. The molecule has 0 fully saturated rings. The van der Waals surface area contributed by atoms with Crippen molar-refractivity contribution in [2.75, 3.05) is 25.0 Å². The van der Waals surface area contributed by atoms with Crippen molar-refractivity contribution in [1.29, 1.82) is 0 Å². The Kier molecular flexibility index (Phi) is 13.5. The monoisotopic (exact) mass is 464 g/mol. The lowest BCUT2D eigenvalue weighted by atomic mass is 10.3. The Morgan fingerprint density at radius 3 is 1.40 bits per heavy atom. The molecule has 0 aromatic carbocycles. The third-order valence-corrected chi connectivity index (χ3v) is 7.71. The van der Waals surface area contributed by atoms with E-state index in [1.54, 1.807) is 0 Å². The van der Waals surface area contributed by atoms with Crippen LogP contribution in [0.4, 0.5) is 0 Å². The molecule has 0 aromatic rings. The molecular weight excluding hydrogens is 455 g/mol. The maximum atomic E-state index is 5.94. The molecule has 0 amide bonds. The number of alkyl halides is 6. The molecule has 0 aliphatic carbocycles. The van der Waals surface area contributed by atoms with Gasteiger partial charge in [-0.3, -0.25) is 0 Å². The predicted molar refractivity (Wildman–Crippen MR) is 93.1 cm³/mol. The van der Waals surface area contributed by atoms with Crippen LogP contribution in [0.3, 0.4) is 0 Å². The summed E-state index contributed by atoms with van der Waals surface area (Å²) in [4.78, 5) is 0. The van der Waals surface area contributed by atoms with Crippen molar-refractivity contribution in [3.63, 3.8) is 0 Å². The highest BCUT2D eigenvalue weighted by atomic mass is 35.5. The molecule has 0 aliphatic heterocycles. The molecule has 0 spiro atoms. The first-order valence-electron chi connectivity index (χ1n) is 5.17. The van der Waals surface area contributed by atoms with Gasteiger partial charge in [-0.2, -0.15) is 4.08 Å². The molecule has 3 nitrogen and oxygen atoms in total. The van der Waals surface area contributed by atoms with E-state index in [4.69, 9.17) is 102 Å². The van der Waals surface area contributed by atoms with Crippen molar-refractivity contribution in [2.45, 2.75) is 21.5 Å². The summed E-state index contributed by atoms with van der Waals surface area (Å²) in [5, 5.41) is -2.10. The first-order valence-corrected chi connectivity index (χ1v) is 10.8. The second kappa shape index (κ2) is 12.0. The average Bonchev–Trinajstić information content (AvgIpc) is 2.48. The molecule has 0 saturated heterocycles. The standard InChI is InChI=1S/C8H12Cl7O3PS/c9-1-5(11)7(13)3-16-19(20,18-15)17-4-8(14)6(12)2-10/h5-8H,1-4H2. The van der Waals surface area contributed by atoms with E-state index in [2.05, 4.69) is 4.08 Å². The largest absolute Gasteiger partial charge is 0.344 e. The zero-order valence-corrected chi connectivity index (χ0v) is 16.9. The Labute approximate surface area is 158 Å². The molecule has 12 heteroatoms. The van der Waals surface area contributed by atoms with E-state index in [-0.39, 0.29) is 25.0 Å². The van der Waals surface area contributed by atoms with E-state index in [9.17, 15) is 0 Å². The lowest BCUT2D eigenvalue weighted by molar-refractivity contribution is 0.205. The van der Waals surface area contributed by atoms with Crippen LogP contribution in [0.5, 0.6) is 0 Å². The molecule has 0 heterocycles. The molecule has 0 N–H and O–H groups in total. The minimum atomic E-state index is -3.18. The molecule has 0 aliphatic rings. The van der Waals surface area contributed by atoms with Crippen LogP contribution in [0, 0.1) is 0 Å². The maximum absolute atomic E-state index is 5.94. The van der Waals surface area contributed by atoms with Crippen LogP contribution >= 0.6 is 88.2 Å². The number of rotatable bonds is 11. The molecule has 20 heavy (non-hydrogen) atoms. The van der Waals surface area contributed by atoms with E-state index in [0.717, 1.165) is 0 Å². The zero-order valence-electron chi connectivity index (χ0n) is 9.86. The molecular formula is C8H12Cl7O3PS. The van der Waals surface area contributed by atoms with Crippen molar-refractivity contribution >= 4 is 100.0 Å². The van der Waals surface area contributed by atoms with Gasteiger partial charge in [-0.1, -0.05) is 0 Å². The summed E-state index contributed by atoms with van der Waals surface area (Å²) in [5.74, 6) is 0.329. The van der Waals surface area contributed by atoms with Crippen molar-refractivity contribution in [1.82, 2.24) is 0 Å². The van der Waals surface area contributed by atoms with Gasteiger partial charge in [0.1, 0.15) is 0 Å². The summed E-state index contributed by atoms with van der Waals surface area (Å²) in [6, 6.07) is 0. The van der Waals surface area contributed by atoms with Gasteiger partial charge in [-0.05, 0) is 11.8 Å². The third-order valence-electron chi connectivity index (χ3n) is 1.95. The zero-order chi connectivity index (χ0) is 15.8. The molecule has 0 radical (unpaired) electrons. The smallest absolute Gasteiger partial charge is 0.306 e. The number of hydrogen-bond acceptors (Lipinski definition) is 4. The Morgan fingerprint density at radius 1 is 0.800 bits per heavy atom. The van der Waals surface area contributed by atoms with Crippen molar-refractivity contribution < 1.29 is 13.1 Å². The summed E-state index contributed by atoms with van der Waals surface area (Å²) in [5.41, 5.74) is 0. The maximum Gasteiger partial charge on any atom is 0.344 e. The fourth-order valence-corrected chi connectivity index (χ4v) is 3.49. The van der Waals surface area contributed by atoms with Crippen LogP contribution in [-0.4, -0.2) is 46.5 Å².